The van der Waals surface area contributed by atoms with Crippen molar-refractivity contribution < 1.29 is 9.59 Å². The Kier molecular flexibility index (Phi) is 3.27. The van der Waals surface area contributed by atoms with Crippen LogP contribution in [0.15, 0.2) is 0 Å². The van der Waals surface area contributed by atoms with E-state index in [1.54, 1.807) is 0 Å². The summed E-state index contributed by atoms with van der Waals surface area (Å²) in [5, 5.41) is 0. The van der Waals surface area contributed by atoms with Gasteiger partial charge in [-0.1, -0.05) is 12.8 Å². The zero-order valence-corrected chi connectivity index (χ0v) is 10.9. The highest BCUT2D eigenvalue weighted by atomic mass is 16.2. The molecule has 2 amide bonds. The van der Waals surface area contributed by atoms with E-state index in [1.807, 2.05) is 9.80 Å². The second-order valence-corrected chi connectivity index (χ2v) is 5.92. The second-order valence-electron chi connectivity index (χ2n) is 5.92. The fraction of sp³-hybridized carbons (Fsp3) is 0.857. The summed E-state index contributed by atoms with van der Waals surface area (Å²) >= 11 is 0. The van der Waals surface area contributed by atoms with E-state index in [4.69, 9.17) is 0 Å². The molecule has 0 N–H and O–H groups in total. The highest BCUT2D eigenvalue weighted by Crippen LogP contribution is 2.30. The highest BCUT2D eigenvalue weighted by molar-refractivity contribution is 5.89. The van der Waals surface area contributed by atoms with Crippen molar-refractivity contribution >= 4 is 11.8 Å². The molecular formula is C14H22N2O2. The molecule has 0 aromatic heterocycles. The molecule has 0 radical (unpaired) electrons. The van der Waals surface area contributed by atoms with Gasteiger partial charge in [-0.15, -0.1) is 0 Å². The molecule has 2 aliphatic heterocycles. The Bertz CT molecular complexity index is 344. The molecule has 0 aromatic rings. The van der Waals surface area contributed by atoms with Crippen molar-refractivity contribution in [3.8, 4) is 0 Å². The van der Waals surface area contributed by atoms with Crippen molar-refractivity contribution in [2.75, 3.05) is 19.6 Å². The van der Waals surface area contributed by atoms with Gasteiger partial charge in [-0.05, 0) is 25.7 Å². The second kappa shape index (κ2) is 4.90. The number of nitrogens with zero attached hydrogens (tertiary/aromatic N) is 2. The van der Waals surface area contributed by atoms with Crippen LogP contribution in [0.2, 0.25) is 0 Å². The van der Waals surface area contributed by atoms with Crippen LogP contribution >= 0.6 is 0 Å². The molecule has 1 saturated carbocycles. The average molecular weight is 250 g/mol. The Labute approximate surface area is 108 Å². The minimum Gasteiger partial charge on any atom is -0.342 e. The van der Waals surface area contributed by atoms with Crippen molar-refractivity contribution in [2.45, 2.75) is 51.0 Å². The molecule has 0 spiro atoms. The first kappa shape index (κ1) is 12.0. The predicted octanol–water partition coefficient (Wildman–Crippen LogP) is 1.40. The smallest absolute Gasteiger partial charge is 0.227 e. The zero-order chi connectivity index (χ0) is 12.5. The molecule has 0 aromatic carbocycles. The first-order chi connectivity index (χ1) is 8.75. The number of hydrogen-bond donors (Lipinski definition) is 0. The number of likely N-dealkylation sites (tertiary alicyclic amines) is 2. The maximum atomic E-state index is 12.3. The summed E-state index contributed by atoms with van der Waals surface area (Å²) in [6.45, 7) is 2.47. The lowest BCUT2D eigenvalue weighted by Gasteiger charge is -2.25. The predicted molar refractivity (Wildman–Crippen MR) is 67.9 cm³/mol. The standard InChI is InChI=1S/C14H22N2O2/c17-13-9-11(14(18)15-7-3-4-8-15)10-16(13)12-5-1-2-6-12/h11-12H,1-10H2/t11-/m0/s1. The number of rotatable bonds is 2. The molecule has 3 fully saturated rings. The van der Waals surface area contributed by atoms with Gasteiger partial charge < -0.3 is 9.80 Å². The van der Waals surface area contributed by atoms with Gasteiger partial charge in [0, 0.05) is 32.1 Å². The van der Waals surface area contributed by atoms with Gasteiger partial charge in [0.2, 0.25) is 11.8 Å². The first-order valence-electron chi connectivity index (χ1n) is 7.34. The van der Waals surface area contributed by atoms with Crippen LogP contribution in [0.1, 0.15) is 44.9 Å². The van der Waals surface area contributed by atoms with E-state index in [2.05, 4.69) is 0 Å². The summed E-state index contributed by atoms with van der Waals surface area (Å²) < 4.78 is 0. The van der Waals surface area contributed by atoms with Crippen molar-refractivity contribution in [3.63, 3.8) is 0 Å². The molecule has 3 aliphatic rings. The molecule has 2 saturated heterocycles. The summed E-state index contributed by atoms with van der Waals surface area (Å²) in [4.78, 5) is 28.3. The van der Waals surface area contributed by atoms with Crippen molar-refractivity contribution in [1.29, 1.82) is 0 Å². The van der Waals surface area contributed by atoms with Gasteiger partial charge in [0.05, 0.1) is 5.92 Å². The van der Waals surface area contributed by atoms with Crippen LogP contribution in [0.3, 0.4) is 0 Å². The lowest BCUT2D eigenvalue weighted by Crippen LogP contribution is -2.38. The fourth-order valence-corrected chi connectivity index (χ4v) is 3.66. The lowest BCUT2D eigenvalue weighted by molar-refractivity contribution is -0.134. The number of amides is 2. The maximum Gasteiger partial charge on any atom is 0.227 e. The third-order valence-corrected chi connectivity index (χ3v) is 4.69. The number of hydrogen-bond acceptors (Lipinski definition) is 2. The molecule has 3 rings (SSSR count). The Morgan fingerprint density at radius 1 is 1.06 bits per heavy atom. The van der Waals surface area contributed by atoms with Crippen LogP contribution < -0.4 is 0 Å². The van der Waals surface area contributed by atoms with E-state index in [0.29, 0.717) is 19.0 Å². The number of carbonyl (C=O) groups is 2. The summed E-state index contributed by atoms with van der Waals surface area (Å²) in [5.41, 5.74) is 0. The van der Waals surface area contributed by atoms with E-state index in [-0.39, 0.29) is 17.7 Å². The molecule has 18 heavy (non-hydrogen) atoms. The van der Waals surface area contributed by atoms with Crippen molar-refractivity contribution in [2.24, 2.45) is 5.92 Å². The zero-order valence-electron chi connectivity index (χ0n) is 10.9. The van der Waals surface area contributed by atoms with E-state index in [0.717, 1.165) is 38.8 Å². The Morgan fingerprint density at radius 2 is 1.72 bits per heavy atom. The largest absolute Gasteiger partial charge is 0.342 e. The van der Waals surface area contributed by atoms with Crippen LogP contribution in [0.4, 0.5) is 0 Å². The molecule has 1 aliphatic carbocycles. The van der Waals surface area contributed by atoms with Crippen LogP contribution in [0, 0.1) is 5.92 Å². The van der Waals surface area contributed by atoms with Gasteiger partial charge in [0.25, 0.3) is 0 Å². The summed E-state index contributed by atoms with van der Waals surface area (Å²) in [6.07, 6.45) is 7.44. The third kappa shape index (κ3) is 2.13. The van der Waals surface area contributed by atoms with Gasteiger partial charge in [-0.2, -0.15) is 0 Å². The van der Waals surface area contributed by atoms with E-state index in [1.165, 1.54) is 12.8 Å². The fourth-order valence-electron chi connectivity index (χ4n) is 3.66. The summed E-state index contributed by atoms with van der Waals surface area (Å²) in [6, 6.07) is 0.425. The van der Waals surface area contributed by atoms with Crippen molar-refractivity contribution in [3.05, 3.63) is 0 Å². The van der Waals surface area contributed by atoms with Gasteiger partial charge in [0.15, 0.2) is 0 Å². The summed E-state index contributed by atoms with van der Waals surface area (Å²) in [5.74, 6) is 0.372. The topological polar surface area (TPSA) is 40.6 Å². The normalized spacial score (nSPS) is 29.6. The summed E-state index contributed by atoms with van der Waals surface area (Å²) in [7, 11) is 0. The molecule has 0 unspecified atom stereocenters. The Morgan fingerprint density at radius 3 is 2.39 bits per heavy atom. The molecule has 1 atom stereocenters. The van der Waals surface area contributed by atoms with Gasteiger partial charge in [-0.3, -0.25) is 9.59 Å². The van der Waals surface area contributed by atoms with E-state index >= 15 is 0 Å². The molecule has 100 valence electrons. The van der Waals surface area contributed by atoms with Gasteiger partial charge in [0.1, 0.15) is 0 Å². The molecule has 2 heterocycles. The first-order valence-corrected chi connectivity index (χ1v) is 7.34. The Balaban J connectivity index is 1.62. The lowest BCUT2D eigenvalue weighted by atomic mass is 10.1. The molecule has 4 heteroatoms. The molecule has 0 bridgehead atoms. The maximum absolute atomic E-state index is 12.3. The molecule has 4 nitrogen and oxygen atoms in total. The third-order valence-electron chi connectivity index (χ3n) is 4.69. The van der Waals surface area contributed by atoms with Gasteiger partial charge in [-0.25, -0.2) is 0 Å². The SMILES string of the molecule is O=C([C@H]1CC(=O)N(C2CCCC2)C1)N1CCCC1. The molecular weight excluding hydrogens is 228 g/mol. The minimum atomic E-state index is -0.0591. The number of carbonyl (C=O) groups excluding carboxylic acids is 2. The van der Waals surface area contributed by atoms with Gasteiger partial charge >= 0.3 is 0 Å². The quantitative estimate of drug-likeness (QED) is 0.743. The Hall–Kier alpha value is -1.06. The van der Waals surface area contributed by atoms with Crippen LogP contribution in [-0.2, 0) is 9.59 Å². The monoisotopic (exact) mass is 250 g/mol. The minimum absolute atomic E-state index is 0.0591. The van der Waals surface area contributed by atoms with Crippen LogP contribution in [0.25, 0.3) is 0 Å². The van der Waals surface area contributed by atoms with E-state index < -0.39 is 0 Å². The average Bonchev–Trinajstić information content (AvgIpc) is 3.09. The van der Waals surface area contributed by atoms with Crippen molar-refractivity contribution in [1.82, 2.24) is 9.80 Å². The van der Waals surface area contributed by atoms with Crippen LogP contribution in [0.5, 0.6) is 0 Å². The van der Waals surface area contributed by atoms with Crippen LogP contribution in [-0.4, -0.2) is 47.3 Å². The van der Waals surface area contributed by atoms with E-state index in [9.17, 15) is 9.59 Å². The highest BCUT2D eigenvalue weighted by Gasteiger charge is 2.40.